The Morgan fingerprint density at radius 3 is 2.82 bits per heavy atom. The summed E-state index contributed by atoms with van der Waals surface area (Å²) in [6, 6.07) is 17.4. The van der Waals surface area contributed by atoms with E-state index in [0.29, 0.717) is 5.91 Å². The van der Waals surface area contributed by atoms with Crippen molar-refractivity contribution >= 4 is 16.8 Å². The molecular formula is C24H29N3O. The molecule has 2 aromatic carbocycles. The molecule has 4 rings (SSSR count). The number of rotatable bonds is 8. The molecule has 0 bridgehead atoms. The number of para-hydroxylation sites is 1. The number of nitrogens with zero attached hydrogens (tertiary/aromatic N) is 2. The second-order valence-electron chi connectivity index (χ2n) is 7.80. The Hall–Kier alpha value is -2.59. The van der Waals surface area contributed by atoms with Crippen molar-refractivity contribution in [3.05, 3.63) is 71.4 Å². The summed E-state index contributed by atoms with van der Waals surface area (Å²) in [4.78, 5) is 13.7. The summed E-state index contributed by atoms with van der Waals surface area (Å²) in [5.74, 6) is 0.319. The summed E-state index contributed by atoms with van der Waals surface area (Å²) >= 11 is 0. The molecule has 1 saturated heterocycles. The number of hydrogen-bond acceptors (Lipinski definition) is 2. The number of aromatic nitrogens is 1. The first-order valence-electron chi connectivity index (χ1n) is 10.3. The lowest BCUT2D eigenvalue weighted by atomic mass is 10.1. The number of aryl methyl sites for hydroxylation is 1. The summed E-state index contributed by atoms with van der Waals surface area (Å²) in [5, 5.41) is 4.88. The first-order valence-corrected chi connectivity index (χ1v) is 10.3. The van der Waals surface area contributed by atoms with E-state index in [2.05, 4.69) is 71.5 Å². The van der Waals surface area contributed by atoms with Crippen LogP contribution in [0.4, 0.5) is 0 Å². The van der Waals surface area contributed by atoms with Crippen molar-refractivity contribution in [2.45, 2.75) is 39.3 Å². The summed E-state index contributed by atoms with van der Waals surface area (Å²) in [5.41, 5.74) is 5.24. The van der Waals surface area contributed by atoms with Crippen LogP contribution in [0.2, 0.25) is 0 Å². The maximum absolute atomic E-state index is 11.7. The van der Waals surface area contributed by atoms with Gasteiger partial charge in [0, 0.05) is 49.7 Å². The summed E-state index contributed by atoms with van der Waals surface area (Å²) < 4.78 is 2.35. The first-order chi connectivity index (χ1) is 13.7. The van der Waals surface area contributed by atoms with Crippen molar-refractivity contribution in [1.82, 2.24) is 14.8 Å². The van der Waals surface area contributed by atoms with Crippen molar-refractivity contribution in [1.29, 1.82) is 0 Å². The van der Waals surface area contributed by atoms with Gasteiger partial charge in [0.25, 0.3) is 0 Å². The number of amides is 1. The minimum atomic E-state index is 0.319. The van der Waals surface area contributed by atoms with Crippen LogP contribution >= 0.6 is 0 Å². The third-order valence-corrected chi connectivity index (χ3v) is 5.57. The van der Waals surface area contributed by atoms with Gasteiger partial charge in [0.05, 0.1) is 0 Å². The van der Waals surface area contributed by atoms with Gasteiger partial charge in [0.15, 0.2) is 0 Å². The van der Waals surface area contributed by atoms with E-state index in [4.69, 9.17) is 0 Å². The van der Waals surface area contributed by atoms with Gasteiger partial charge in [-0.15, -0.1) is 0 Å². The van der Waals surface area contributed by atoms with Crippen LogP contribution in [0.3, 0.4) is 0 Å². The molecule has 1 amide bonds. The number of fused-ring (bicyclic) bond motifs is 1. The van der Waals surface area contributed by atoms with Gasteiger partial charge in [-0.1, -0.05) is 48.0 Å². The minimum Gasteiger partial charge on any atom is -0.343 e. The Labute approximate surface area is 167 Å². The van der Waals surface area contributed by atoms with Crippen molar-refractivity contribution in [2.75, 3.05) is 19.6 Å². The summed E-state index contributed by atoms with van der Waals surface area (Å²) in [6.07, 6.45) is 5.04. The Morgan fingerprint density at radius 2 is 2.00 bits per heavy atom. The molecule has 1 aliphatic rings. The van der Waals surface area contributed by atoms with Crippen molar-refractivity contribution in [3.8, 4) is 0 Å². The fraction of sp³-hybridized carbons (Fsp3) is 0.375. The Bertz CT molecular complexity index is 959. The van der Waals surface area contributed by atoms with E-state index in [1.807, 2.05) is 4.90 Å². The van der Waals surface area contributed by atoms with Crippen LogP contribution in [0.5, 0.6) is 0 Å². The quantitative estimate of drug-likeness (QED) is 0.602. The fourth-order valence-corrected chi connectivity index (χ4v) is 4.16. The maximum atomic E-state index is 11.7. The standard InChI is InChI=1S/C24H29N3O/c1-19-7-4-8-20(15-19)17-27-18-21(22-9-2-3-10-23(22)27)16-25-12-6-14-26-13-5-11-24(26)28/h2-4,7-10,15,18,25H,5-6,11-14,16-17H2,1H3. The molecule has 1 N–H and O–H groups in total. The van der Waals surface area contributed by atoms with Gasteiger partial charge in [0.2, 0.25) is 5.91 Å². The molecule has 4 heteroatoms. The molecule has 0 atom stereocenters. The Morgan fingerprint density at radius 1 is 1.11 bits per heavy atom. The van der Waals surface area contributed by atoms with Crippen LogP contribution < -0.4 is 5.32 Å². The van der Waals surface area contributed by atoms with E-state index in [0.717, 1.165) is 52.0 Å². The number of carbonyl (C=O) groups is 1. The van der Waals surface area contributed by atoms with E-state index in [1.54, 1.807) is 0 Å². The SMILES string of the molecule is Cc1cccc(Cn2cc(CNCCCN3CCCC3=O)c3ccccc32)c1. The molecule has 1 fully saturated rings. The second kappa shape index (κ2) is 8.61. The Balaban J connectivity index is 1.39. The summed E-state index contributed by atoms with van der Waals surface area (Å²) in [7, 11) is 0. The zero-order valence-corrected chi connectivity index (χ0v) is 16.7. The van der Waals surface area contributed by atoms with Crippen LogP contribution in [0.1, 0.15) is 36.0 Å². The third-order valence-electron chi connectivity index (χ3n) is 5.57. The molecule has 0 unspecified atom stereocenters. The lowest BCUT2D eigenvalue weighted by Crippen LogP contribution is -2.28. The highest BCUT2D eigenvalue weighted by Crippen LogP contribution is 2.22. The number of carbonyl (C=O) groups excluding carboxylic acids is 1. The maximum Gasteiger partial charge on any atom is 0.222 e. The molecule has 0 aliphatic carbocycles. The van der Waals surface area contributed by atoms with E-state index < -0.39 is 0 Å². The third kappa shape index (κ3) is 4.28. The number of nitrogens with one attached hydrogen (secondary N) is 1. The van der Waals surface area contributed by atoms with E-state index >= 15 is 0 Å². The lowest BCUT2D eigenvalue weighted by Gasteiger charge is -2.15. The van der Waals surface area contributed by atoms with E-state index in [9.17, 15) is 4.79 Å². The number of hydrogen-bond donors (Lipinski definition) is 1. The van der Waals surface area contributed by atoms with Crippen LogP contribution in [0.25, 0.3) is 10.9 Å². The van der Waals surface area contributed by atoms with Gasteiger partial charge in [0.1, 0.15) is 0 Å². The van der Waals surface area contributed by atoms with Crippen molar-refractivity contribution < 1.29 is 4.79 Å². The van der Waals surface area contributed by atoms with Crippen LogP contribution in [-0.2, 0) is 17.9 Å². The van der Waals surface area contributed by atoms with E-state index in [-0.39, 0.29) is 0 Å². The van der Waals surface area contributed by atoms with Crippen molar-refractivity contribution in [3.63, 3.8) is 0 Å². The smallest absolute Gasteiger partial charge is 0.222 e. The highest BCUT2D eigenvalue weighted by molar-refractivity contribution is 5.84. The van der Waals surface area contributed by atoms with Crippen LogP contribution in [0, 0.1) is 6.92 Å². The van der Waals surface area contributed by atoms with Gasteiger partial charge in [-0.05, 0) is 43.5 Å². The largest absolute Gasteiger partial charge is 0.343 e. The number of benzene rings is 2. The second-order valence-corrected chi connectivity index (χ2v) is 7.80. The fourth-order valence-electron chi connectivity index (χ4n) is 4.16. The average molecular weight is 376 g/mol. The van der Waals surface area contributed by atoms with Crippen molar-refractivity contribution in [2.24, 2.45) is 0 Å². The molecule has 1 aliphatic heterocycles. The monoisotopic (exact) mass is 375 g/mol. The molecule has 0 radical (unpaired) electrons. The van der Waals surface area contributed by atoms with Gasteiger partial charge in [-0.3, -0.25) is 4.79 Å². The summed E-state index contributed by atoms with van der Waals surface area (Å²) in [6.45, 7) is 6.63. The lowest BCUT2D eigenvalue weighted by molar-refractivity contribution is -0.127. The predicted octanol–water partition coefficient (Wildman–Crippen LogP) is 4.10. The van der Waals surface area contributed by atoms with Crippen LogP contribution in [-0.4, -0.2) is 35.0 Å². The minimum absolute atomic E-state index is 0.319. The molecular weight excluding hydrogens is 346 g/mol. The highest BCUT2D eigenvalue weighted by atomic mass is 16.2. The van der Waals surface area contributed by atoms with Gasteiger partial charge >= 0.3 is 0 Å². The molecule has 2 heterocycles. The first kappa shape index (κ1) is 18.8. The number of likely N-dealkylation sites (tertiary alicyclic amines) is 1. The average Bonchev–Trinajstić information content (AvgIpc) is 3.26. The molecule has 3 aromatic rings. The van der Waals surface area contributed by atoms with Gasteiger partial charge in [-0.25, -0.2) is 0 Å². The molecule has 0 saturated carbocycles. The molecule has 28 heavy (non-hydrogen) atoms. The van der Waals surface area contributed by atoms with Crippen LogP contribution in [0.15, 0.2) is 54.7 Å². The highest BCUT2D eigenvalue weighted by Gasteiger charge is 2.18. The molecule has 146 valence electrons. The Kier molecular flexibility index (Phi) is 5.77. The normalized spacial score (nSPS) is 14.3. The molecule has 1 aromatic heterocycles. The predicted molar refractivity (Wildman–Crippen MR) is 114 cm³/mol. The molecule has 0 spiro atoms. The zero-order valence-electron chi connectivity index (χ0n) is 16.7. The van der Waals surface area contributed by atoms with Gasteiger partial charge in [-0.2, -0.15) is 0 Å². The topological polar surface area (TPSA) is 37.3 Å². The zero-order chi connectivity index (χ0) is 19.3. The molecule has 4 nitrogen and oxygen atoms in total. The van der Waals surface area contributed by atoms with E-state index in [1.165, 1.54) is 27.6 Å². The van der Waals surface area contributed by atoms with Gasteiger partial charge < -0.3 is 14.8 Å².